The van der Waals surface area contributed by atoms with Crippen molar-refractivity contribution in [2.45, 2.75) is 90.5 Å². The Bertz CT molecular complexity index is 580. The van der Waals surface area contributed by atoms with Gasteiger partial charge in [0.2, 0.25) is 0 Å². The lowest BCUT2D eigenvalue weighted by molar-refractivity contribution is -0.792. The highest BCUT2D eigenvalue weighted by atomic mass is 15.1. The molecule has 0 aliphatic heterocycles. The highest BCUT2D eigenvalue weighted by Crippen LogP contribution is 2.11. The molecule has 0 saturated heterocycles. The summed E-state index contributed by atoms with van der Waals surface area (Å²) < 4.78 is 4.57. The van der Waals surface area contributed by atoms with Gasteiger partial charge in [-0.05, 0) is 12.5 Å². The van der Waals surface area contributed by atoms with Gasteiger partial charge in [0.25, 0.3) is 0 Å². The summed E-state index contributed by atoms with van der Waals surface area (Å²) in [6.45, 7) is 3.40. The molecule has 0 atom stereocenters. The SMILES string of the molecule is CCCCCCCCCCCCCC[n+]1ccccc1-[n+]1ccccc1. The maximum absolute atomic E-state index is 2.37. The van der Waals surface area contributed by atoms with Crippen LogP contribution in [0.2, 0.25) is 0 Å². The lowest BCUT2D eigenvalue weighted by atomic mass is 10.1. The Kier molecular flexibility index (Phi) is 10.7. The molecule has 0 spiro atoms. The molecule has 0 unspecified atom stereocenters. The fraction of sp³-hybridized carbons (Fsp3) is 0.583. The van der Waals surface area contributed by atoms with E-state index in [1.54, 1.807) is 0 Å². The predicted octanol–water partition coefficient (Wildman–Crippen LogP) is 5.95. The van der Waals surface area contributed by atoms with E-state index in [4.69, 9.17) is 0 Å². The molecule has 2 heteroatoms. The van der Waals surface area contributed by atoms with Crippen LogP contribution in [0.1, 0.15) is 84.0 Å². The van der Waals surface area contributed by atoms with Crippen molar-refractivity contribution in [3.8, 4) is 5.82 Å². The van der Waals surface area contributed by atoms with Crippen molar-refractivity contribution < 1.29 is 9.13 Å². The van der Waals surface area contributed by atoms with Crippen molar-refractivity contribution in [2.24, 2.45) is 0 Å². The van der Waals surface area contributed by atoms with Crippen molar-refractivity contribution in [1.29, 1.82) is 0 Å². The van der Waals surface area contributed by atoms with E-state index in [2.05, 4.69) is 71.0 Å². The molecule has 0 aliphatic carbocycles. The van der Waals surface area contributed by atoms with Gasteiger partial charge in [-0.3, -0.25) is 0 Å². The number of aromatic nitrogens is 2. The van der Waals surface area contributed by atoms with E-state index in [9.17, 15) is 0 Å². The predicted molar refractivity (Wildman–Crippen MR) is 109 cm³/mol. The lowest BCUT2D eigenvalue weighted by Crippen LogP contribution is -2.48. The zero-order valence-electron chi connectivity index (χ0n) is 16.8. The maximum Gasteiger partial charge on any atom is 0.449 e. The first-order valence-corrected chi connectivity index (χ1v) is 10.9. The van der Waals surface area contributed by atoms with Crippen LogP contribution in [0.25, 0.3) is 5.82 Å². The second-order valence-corrected chi connectivity index (χ2v) is 7.42. The number of aryl methyl sites for hydroxylation is 1. The molecule has 0 N–H and O–H groups in total. The number of hydrogen-bond donors (Lipinski definition) is 0. The van der Waals surface area contributed by atoms with Gasteiger partial charge in [-0.25, -0.2) is 0 Å². The maximum atomic E-state index is 2.37. The number of nitrogens with zero attached hydrogens (tertiary/aromatic N) is 2. The Labute approximate surface area is 160 Å². The number of rotatable bonds is 14. The van der Waals surface area contributed by atoms with Gasteiger partial charge in [-0.2, -0.15) is 0 Å². The fourth-order valence-corrected chi connectivity index (χ4v) is 3.57. The molecule has 0 radical (unpaired) electrons. The van der Waals surface area contributed by atoms with Gasteiger partial charge in [-0.15, -0.1) is 9.13 Å². The molecular formula is C24H38N2+2. The van der Waals surface area contributed by atoms with Crippen molar-refractivity contribution in [3.05, 3.63) is 55.0 Å². The van der Waals surface area contributed by atoms with Crippen LogP contribution < -0.4 is 9.13 Å². The zero-order valence-corrected chi connectivity index (χ0v) is 16.8. The van der Waals surface area contributed by atoms with Gasteiger partial charge >= 0.3 is 5.82 Å². The highest BCUT2D eigenvalue weighted by molar-refractivity contribution is 5.03. The second-order valence-electron chi connectivity index (χ2n) is 7.42. The van der Waals surface area contributed by atoms with Crippen molar-refractivity contribution in [2.75, 3.05) is 0 Å². The molecule has 142 valence electrons. The Morgan fingerprint density at radius 3 is 1.73 bits per heavy atom. The molecule has 0 amide bonds. The van der Waals surface area contributed by atoms with E-state index >= 15 is 0 Å². The monoisotopic (exact) mass is 354 g/mol. The minimum Gasteiger partial charge on any atom is -0.143 e. The first-order chi connectivity index (χ1) is 12.9. The number of pyridine rings is 2. The van der Waals surface area contributed by atoms with E-state index in [1.165, 1.54) is 82.9 Å². The van der Waals surface area contributed by atoms with Gasteiger partial charge < -0.3 is 0 Å². The van der Waals surface area contributed by atoms with E-state index in [-0.39, 0.29) is 0 Å². The van der Waals surface area contributed by atoms with E-state index in [1.807, 2.05) is 0 Å². The minimum atomic E-state index is 1.11. The molecule has 26 heavy (non-hydrogen) atoms. The molecule has 2 rings (SSSR count). The van der Waals surface area contributed by atoms with Gasteiger partial charge in [-0.1, -0.05) is 77.2 Å². The summed E-state index contributed by atoms with van der Waals surface area (Å²) in [5.74, 6) is 1.25. The van der Waals surface area contributed by atoms with E-state index in [0.29, 0.717) is 0 Å². The minimum absolute atomic E-state index is 1.11. The van der Waals surface area contributed by atoms with Crippen LogP contribution in [0.4, 0.5) is 0 Å². The third-order valence-corrected chi connectivity index (χ3v) is 5.15. The van der Waals surface area contributed by atoms with Gasteiger partial charge in [0.05, 0.1) is 6.07 Å². The van der Waals surface area contributed by atoms with Gasteiger partial charge in [0.1, 0.15) is 0 Å². The summed E-state index contributed by atoms with van der Waals surface area (Å²) in [6, 6.07) is 12.7. The molecule has 2 aromatic rings. The average Bonchev–Trinajstić information content (AvgIpc) is 2.70. The molecule has 0 saturated carbocycles. The fourth-order valence-electron chi connectivity index (χ4n) is 3.57. The largest absolute Gasteiger partial charge is 0.449 e. The van der Waals surface area contributed by atoms with Crippen LogP contribution >= 0.6 is 0 Å². The average molecular weight is 355 g/mol. The van der Waals surface area contributed by atoms with E-state index < -0.39 is 0 Å². The van der Waals surface area contributed by atoms with Crippen LogP contribution in [0.5, 0.6) is 0 Å². The van der Waals surface area contributed by atoms with Crippen LogP contribution in [0, 0.1) is 0 Å². The van der Waals surface area contributed by atoms with Gasteiger partial charge in [0.15, 0.2) is 25.1 Å². The molecule has 0 aliphatic rings. The molecule has 0 fully saturated rings. The molecule has 0 bridgehead atoms. The molecule has 0 aromatic carbocycles. The Morgan fingerprint density at radius 2 is 1.12 bits per heavy atom. The first-order valence-electron chi connectivity index (χ1n) is 10.9. The smallest absolute Gasteiger partial charge is 0.143 e. The van der Waals surface area contributed by atoms with Crippen molar-refractivity contribution in [1.82, 2.24) is 0 Å². The second kappa shape index (κ2) is 13.5. The van der Waals surface area contributed by atoms with Crippen LogP contribution in [0.15, 0.2) is 55.0 Å². The zero-order chi connectivity index (χ0) is 18.3. The summed E-state index contributed by atoms with van der Waals surface area (Å²) in [4.78, 5) is 0. The Morgan fingerprint density at radius 1 is 0.577 bits per heavy atom. The lowest BCUT2D eigenvalue weighted by Gasteiger charge is -2.02. The molecular weight excluding hydrogens is 316 g/mol. The number of hydrogen-bond acceptors (Lipinski definition) is 0. The quantitative estimate of drug-likeness (QED) is 0.292. The Hall–Kier alpha value is -1.70. The van der Waals surface area contributed by atoms with Gasteiger partial charge in [0, 0.05) is 24.6 Å². The molecule has 2 aromatic heterocycles. The highest BCUT2D eigenvalue weighted by Gasteiger charge is 2.17. The normalized spacial score (nSPS) is 11.0. The molecule has 2 heterocycles. The Balaban J connectivity index is 1.56. The van der Waals surface area contributed by atoms with Crippen LogP contribution in [-0.4, -0.2) is 0 Å². The third kappa shape index (κ3) is 8.12. The summed E-state index contributed by atoms with van der Waals surface area (Å²) in [6.07, 6.45) is 23.3. The molecule has 2 nitrogen and oxygen atoms in total. The third-order valence-electron chi connectivity index (χ3n) is 5.15. The summed E-state index contributed by atoms with van der Waals surface area (Å²) >= 11 is 0. The topological polar surface area (TPSA) is 7.76 Å². The summed E-state index contributed by atoms with van der Waals surface area (Å²) in [5, 5.41) is 0. The van der Waals surface area contributed by atoms with Crippen LogP contribution in [0.3, 0.4) is 0 Å². The standard InChI is InChI=1S/C24H38N2/c1-2-3-4-5-6-7-8-9-10-11-12-15-20-26-23-18-14-19-24(26)25-21-16-13-17-22-25/h13-14,16-19,21-23H,2-12,15,20H2,1H3/q+2. The van der Waals surface area contributed by atoms with Crippen molar-refractivity contribution in [3.63, 3.8) is 0 Å². The van der Waals surface area contributed by atoms with Crippen molar-refractivity contribution >= 4 is 0 Å². The summed E-state index contributed by atoms with van der Waals surface area (Å²) in [5.41, 5.74) is 0. The summed E-state index contributed by atoms with van der Waals surface area (Å²) in [7, 11) is 0. The number of unbranched alkanes of at least 4 members (excludes halogenated alkanes) is 11. The van der Waals surface area contributed by atoms with E-state index in [0.717, 1.165) is 6.54 Å². The first kappa shape index (κ1) is 20.6. The van der Waals surface area contributed by atoms with Crippen LogP contribution in [-0.2, 0) is 6.54 Å².